The summed E-state index contributed by atoms with van der Waals surface area (Å²) in [6.45, 7) is 0.959. The van der Waals surface area contributed by atoms with Crippen LogP contribution in [-0.4, -0.2) is 25.9 Å². The van der Waals surface area contributed by atoms with Gasteiger partial charge in [0.2, 0.25) is 0 Å². The van der Waals surface area contributed by atoms with Crippen molar-refractivity contribution < 1.29 is 14.6 Å². The van der Waals surface area contributed by atoms with Crippen molar-refractivity contribution in [3.63, 3.8) is 0 Å². The van der Waals surface area contributed by atoms with Crippen LogP contribution in [0.15, 0.2) is 24.3 Å². The van der Waals surface area contributed by atoms with Gasteiger partial charge in [-0.05, 0) is 59.8 Å². The Hall–Kier alpha value is -2.20. The molecular formula is C18H19NO3. The quantitative estimate of drug-likeness (QED) is 0.895. The van der Waals surface area contributed by atoms with Crippen molar-refractivity contribution in [3.05, 3.63) is 41.0 Å². The first-order chi connectivity index (χ1) is 10.7. The second kappa shape index (κ2) is 4.92. The first-order valence-electron chi connectivity index (χ1n) is 7.56. The van der Waals surface area contributed by atoms with Gasteiger partial charge in [-0.25, -0.2) is 0 Å². The second-order valence-electron chi connectivity index (χ2n) is 5.86. The van der Waals surface area contributed by atoms with Gasteiger partial charge in [0.25, 0.3) is 0 Å². The predicted octanol–water partition coefficient (Wildman–Crippen LogP) is 2.82. The molecule has 1 unspecified atom stereocenters. The molecule has 2 aromatic carbocycles. The first-order valence-corrected chi connectivity index (χ1v) is 7.56. The molecule has 4 nitrogen and oxygen atoms in total. The van der Waals surface area contributed by atoms with Gasteiger partial charge in [0.1, 0.15) is 5.75 Å². The lowest BCUT2D eigenvalue weighted by atomic mass is 9.77. The summed E-state index contributed by atoms with van der Waals surface area (Å²) in [7, 11) is 3.36. The van der Waals surface area contributed by atoms with E-state index in [1.54, 1.807) is 20.3 Å². The summed E-state index contributed by atoms with van der Waals surface area (Å²) in [6.07, 6.45) is 1.88. The highest BCUT2D eigenvalue weighted by atomic mass is 16.5. The van der Waals surface area contributed by atoms with Gasteiger partial charge in [-0.1, -0.05) is 6.07 Å². The van der Waals surface area contributed by atoms with Crippen LogP contribution in [0.1, 0.15) is 22.7 Å². The minimum atomic E-state index is 0.271. The fraction of sp³-hybridized carbons (Fsp3) is 0.333. The van der Waals surface area contributed by atoms with Crippen molar-refractivity contribution in [1.82, 2.24) is 5.32 Å². The predicted molar refractivity (Wildman–Crippen MR) is 84.8 cm³/mol. The highest BCUT2D eigenvalue weighted by molar-refractivity contribution is 5.83. The van der Waals surface area contributed by atoms with E-state index in [4.69, 9.17) is 9.47 Å². The fourth-order valence-corrected chi connectivity index (χ4v) is 3.80. The molecule has 0 amide bonds. The number of rotatable bonds is 2. The zero-order chi connectivity index (χ0) is 15.3. The van der Waals surface area contributed by atoms with E-state index in [1.165, 1.54) is 11.1 Å². The Morgan fingerprint density at radius 3 is 2.77 bits per heavy atom. The second-order valence-corrected chi connectivity index (χ2v) is 5.86. The topological polar surface area (TPSA) is 50.7 Å². The molecule has 0 saturated heterocycles. The van der Waals surface area contributed by atoms with Gasteiger partial charge in [-0.15, -0.1) is 0 Å². The number of benzene rings is 2. The maximum Gasteiger partial charge on any atom is 0.168 e. The van der Waals surface area contributed by atoms with Gasteiger partial charge in [-0.2, -0.15) is 0 Å². The molecule has 1 atom stereocenters. The Kier molecular flexibility index (Phi) is 3.01. The van der Waals surface area contributed by atoms with Gasteiger partial charge in [0.05, 0.1) is 14.2 Å². The summed E-state index contributed by atoms with van der Waals surface area (Å²) in [5.74, 6) is 1.86. The van der Waals surface area contributed by atoms with E-state index in [0.717, 1.165) is 47.6 Å². The average Bonchev–Trinajstić information content (AvgIpc) is 2.54. The van der Waals surface area contributed by atoms with Crippen LogP contribution in [-0.2, 0) is 12.8 Å². The number of aromatic hydroxyl groups is 1. The molecule has 2 aromatic rings. The summed E-state index contributed by atoms with van der Waals surface area (Å²) in [5, 5.41) is 13.4. The van der Waals surface area contributed by atoms with Crippen LogP contribution in [0.25, 0.3) is 11.1 Å². The van der Waals surface area contributed by atoms with Crippen LogP contribution in [0.3, 0.4) is 0 Å². The number of hydrogen-bond acceptors (Lipinski definition) is 4. The molecule has 0 radical (unpaired) electrons. The highest BCUT2D eigenvalue weighted by Crippen LogP contribution is 2.50. The molecule has 4 heteroatoms. The Morgan fingerprint density at radius 1 is 1.14 bits per heavy atom. The van der Waals surface area contributed by atoms with Crippen LogP contribution in [0.5, 0.6) is 17.2 Å². The third-order valence-corrected chi connectivity index (χ3v) is 4.71. The maximum absolute atomic E-state index is 9.81. The number of fused-ring (bicyclic) bond motifs is 2. The summed E-state index contributed by atoms with van der Waals surface area (Å²) >= 11 is 0. The highest BCUT2D eigenvalue weighted by Gasteiger charge is 2.33. The minimum absolute atomic E-state index is 0.271. The lowest BCUT2D eigenvalue weighted by molar-refractivity contribution is 0.353. The molecule has 0 saturated carbocycles. The standard InChI is InChI=1S/C18H19NO3/c1-21-15-9-10-5-6-19-14-8-11-7-12(20)3-4-13(11)17(16(10)14)18(15)22-2/h3-4,7,9,14,19-20H,5-6,8H2,1-2H3. The first kappa shape index (κ1) is 13.5. The van der Waals surface area contributed by atoms with Crippen molar-refractivity contribution >= 4 is 0 Å². The molecule has 1 heterocycles. The third-order valence-electron chi connectivity index (χ3n) is 4.71. The third kappa shape index (κ3) is 1.80. The zero-order valence-corrected chi connectivity index (χ0v) is 12.8. The Balaban J connectivity index is 2.08. The van der Waals surface area contributed by atoms with Crippen molar-refractivity contribution in [3.8, 4) is 28.4 Å². The molecule has 0 aromatic heterocycles. The molecule has 22 heavy (non-hydrogen) atoms. The molecule has 0 fully saturated rings. The van der Waals surface area contributed by atoms with Crippen molar-refractivity contribution in [2.45, 2.75) is 18.9 Å². The van der Waals surface area contributed by atoms with Crippen molar-refractivity contribution in [2.75, 3.05) is 20.8 Å². The van der Waals surface area contributed by atoms with Crippen LogP contribution in [0.4, 0.5) is 0 Å². The Labute approximate surface area is 129 Å². The monoisotopic (exact) mass is 297 g/mol. The summed E-state index contributed by atoms with van der Waals surface area (Å²) in [6, 6.07) is 7.95. The van der Waals surface area contributed by atoms with Crippen LogP contribution in [0.2, 0.25) is 0 Å². The Morgan fingerprint density at radius 2 is 2.00 bits per heavy atom. The fourth-order valence-electron chi connectivity index (χ4n) is 3.80. The van der Waals surface area contributed by atoms with Gasteiger partial charge in [0, 0.05) is 11.6 Å². The van der Waals surface area contributed by atoms with Crippen LogP contribution in [0, 0.1) is 0 Å². The van der Waals surface area contributed by atoms with E-state index < -0.39 is 0 Å². The number of phenols is 1. The summed E-state index contributed by atoms with van der Waals surface area (Å²) in [5.41, 5.74) is 6.03. The smallest absolute Gasteiger partial charge is 0.168 e. The molecule has 2 N–H and O–H groups in total. The summed E-state index contributed by atoms with van der Waals surface area (Å²) in [4.78, 5) is 0. The van der Waals surface area contributed by atoms with Crippen molar-refractivity contribution in [2.24, 2.45) is 0 Å². The molecule has 1 aliphatic carbocycles. The van der Waals surface area contributed by atoms with Gasteiger partial charge in [-0.3, -0.25) is 0 Å². The lowest BCUT2D eigenvalue weighted by Crippen LogP contribution is -2.33. The molecule has 114 valence electrons. The molecule has 2 aliphatic rings. The number of ether oxygens (including phenoxy) is 2. The van der Waals surface area contributed by atoms with E-state index in [2.05, 4.69) is 11.4 Å². The molecule has 0 spiro atoms. The van der Waals surface area contributed by atoms with E-state index in [0.29, 0.717) is 5.75 Å². The number of phenolic OH excluding ortho intramolecular Hbond substituents is 1. The van der Waals surface area contributed by atoms with E-state index >= 15 is 0 Å². The van der Waals surface area contributed by atoms with Gasteiger partial charge >= 0.3 is 0 Å². The SMILES string of the molecule is COc1cc2c3c(c1OC)-c1ccc(O)cc1CC3NCC2. The number of hydrogen-bond donors (Lipinski definition) is 2. The summed E-state index contributed by atoms with van der Waals surface area (Å²) < 4.78 is 11.2. The van der Waals surface area contributed by atoms with E-state index in [-0.39, 0.29) is 6.04 Å². The molecule has 0 bridgehead atoms. The molecule has 1 aliphatic heterocycles. The lowest BCUT2D eigenvalue weighted by Gasteiger charge is -2.35. The normalized spacial score (nSPS) is 18.4. The minimum Gasteiger partial charge on any atom is -0.508 e. The number of methoxy groups -OCH3 is 2. The van der Waals surface area contributed by atoms with Gasteiger partial charge in [0.15, 0.2) is 11.5 Å². The molecule has 4 rings (SSSR count). The maximum atomic E-state index is 9.81. The van der Waals surface area contributed by atoms with Gasteiger partial charge < -0.3 is 19.9 Å². The largest absolute Gasteiger partial charge is 0.508 e. The Bertz CT molecular complexity index is 754. The van der Waals surface area contributed by atoms with E-state index in [1.807, 2.05) is 12.1 Å². The average molecular weight is 297 g/mol. The van der Waals surface area contributed by atoms with Crippen molar-refractivity contribution in [1.29, 1.82) is 0 Å². The molecular weight excluding hydrogens is 278 g/mol. The van der Waals surface area contributed by atoms with Crippen LogP contribution < -0.4 is 14.8 Å². The van der Waals surface area contributed by atoms with Crippen LogP contribution >= 0.6 is 0 Å². The number of nitrogens with one attached hydrogen (secondary N) is 1. The zero-order valence-electron chi connectivity index (χ0n) is 12.8. The van der Waals surface area contributed by atoms with E-state index in [9.17, 15) is 5.11 Å².